The van der Waals surface area contributed by atoms with Crippen molar-refractivity contribution >= 4 is 23.5 Å². The Labute approximate surface area is 208 Å². The fourth-order valence-corrected chi connectivity index (χ4v) is 5.13. The second-order valence-corrected chi connectivity index (χ2v) is 9.65. The smallest absolute Gasteiger partial charge is 0.217 e. The van der Waals surface area contributed by atoms with E-state index in [0.717, 1.165) is 22.8 Å². The number of rotatable bonds is 10. The third-order valence-corrected chi connectivity index (χ3v) is 6.78. The molecule has 1 aromatic carbocycles. The summed E-state index contributed by atoms with van der Waals surface area (Å²) in [5.74, 6) is 1.19. The number of aromatic nitrogens is 4. The maximum absolute atomic E-state index is 13.2. The van der Waals surface area contributed by atoms with Gasteiger partial charge in [-0.05, 0) is 69.2 Å². The molecular weight excluding hydrogens is 462 g/mol. The fraction of sp³-hybridized carbons (Fsp3) is 0.308. The van der Waals surface area contributed by atoms with E-state index in [1.165, 1.54) is 22.9 Å². The van der Waals surface area contributed by atoms with Gasteiger partial charge in [0.15, 0.2) is 10.9 Å². The third kappa shape index (κ3) is 5.57. The first-order valence-corrected chi connectivity index (χ1v) is 12.4. The highest BCUT2D eigenvalue weighted by Gasteiger charge is 2.20. The quantitative estimate of drug-likeness (QED) is 0.261. The lowest BCUT2D eigenvalue weighted by atomic mass is 10.1. The van der Waals surface area contributed by atoms with Crippen LogP contribution in [0.3, 0.4) is 0 Å². The zero-order valence-electron chi connectivity index (χ0n) is 20.4. The van der Waals surface area contributed by atoms with Crippen LogP contribution in [0.4, 0.5) is 0 Å². The van der Waals surface area contributed by atoms with E-state index >= 15 is 0 Å². The number of furan rings is 1. The van der Waals surface area contributed by atoms with E-state index in [2.05, 4.69) is 46.8 Å². The van der Waals surface area contributed by atoms with Crippen LogP contribution in [0.2, 0.25) is 0 Å². The van der Waals surface area contributed by atoms with E-state index in [0.29, 0.717) is 29.5 Å². The van der Waals surface area contributed by atoms with Gasteiger partial charge in [-0.3, -0.25) is 14.2 Å². The molecule has 0 saturated carbocycles. The van der Waals surface area contributed by atoms with Crippen molar-refractivity contribution in [3.05, 3.63) is 82.3 Å². The lowest BCUT2D eigenvalue weighted by Gasteiger charge is -2.12. The van der Waals surface area contributed by atoms with Gasteiger partial charge in [-0.1, -0.05) is 17.8 Å². The SMILES string of the molecule is Cc1cc(C)cc(-n2c(C)cc(C(=O)CSc3nnc(CCC(N)=O)n3Cc3ccco3)c2C)c1. The van der Waals surface area contributed by atoms with Crippen molar-refractivity contribution < 1.29 is 14.0 Å². The van der Waals surface area contributed by atoms with Crippen LogP contribution in [0.1, 0.15) is 50.9 Å². The number of carbonyl (C=O) groups is 2. The number of nitrogens with zero attached hydrogens (tertiary/aromatic N) is 4. The molecule has 0 aliphatic rings. The highest BCUT2D eigenvalue weighted by molar-refractivity contribution is 7.99. The van der Waals surface area contributed by atoms with Gasteiger partial charge in [-0.2, -0.15) is 0 Å². The number of aryl methyl sites for hydroxylation is 4. The number of benzene rings is 1. The standard InChI is InChI=1S/C26H29N5O3S/c1-16-10-17(2)12-20(11-16)31-18(3)13-22(19(31)4)23(32)15-35-26-29-28-25(8-7-24(27)33)30(26)14-21-6-5-9-34-21/h5-6,9-13H,7-8,14-15H2,1-4H3,(H2,27,33). The van der Waals surface area contributed by atoms with Crippen LogP contribution in [0.15, 0.2) is 52.2 Å². The summed E-state index contributed by atoms with van der Waals surface area (Å²) < 4.78 is 9.48. The monoisotopic (exact) mass is 491 g/mol. The molecule has 0 radical (unpaired) electrons. The Hall–Kier alpha value is -3.59. The van der Waals surface area contributed by atoms with E-state index in [1.807, 2.05) is 36.6 Å². The maximum atomic E-state index is 13.2. The van der Waals surface area contributed by atoms with Crippen LogP contribution < -0.4 is 5.73 Å². The van der Waals surface area contributed by atoms with Crippen molar-refractivity contribution in [3.8, 4) is 5.69 Å². The molecule has 0 unspecified atom stereocenters. The minimum atomic E-state index is -0.402. The van der Waals surface area contributed by atoms with Gasteiger partial charge >= 0.3 is 0 Å². The van der Waals surface area contributed by atoms with Crippen molar-refractivity contribution in [2.75, 3.05) is 5.75 Å². The molecule has 4 rings (SSSR count). The number of hydrogen-bond acceptors (Lipinski definition) is 6. The zero-order valence-corrected chi connectivity index (χ0v) is 21.2. The number of Topliss-reactive ketones (excluding diaryl/α,β-unsaturated/α-hetero) is 1. The number of hydrogen-bond donors (Lipinski definition) is 1. The van der Waals surface area contributed by atoms with Gasteiger partial charge in [-0.25, -0.2) is 0 Å². The van der Waals surface area contributed by atoms with E-state index in [4.69, 9.17) is 10.2 Å². The van der Waals surface area contributed by atoms with Crippen LogP contribution in [-0.2, 0) is 17.8 Å². The predicted molar refractivity (Wildman–Crippen MR) is 135 cm³/mol. The molecule has 182 valence electrons. The van der Waals surface area contributed by atoms with Gasteiger partial charge < -0.3 is 14.7 Å². The van der Waals surface area contributed by atoms with Crippen LogP contribution in [0, 0.1) is 27.7 Å². The highest BCUT2D eigenvalue weighted by Crippen LogP contribution is 2.26. The summed E-state index contributed by atoms with van der Waals surface area (Å²) >= 11 is 1.32. The van der Waals surface area contributed by atoms with Gasteiger partial charge in [0, 0.05) is 35.5 Å². The first-order valence-electron chi connectivity index (χ1n) is 11.4. The van der Waals surface area contributed by atoms with Gasteiger partial charge in [0.05, 0.1) is 18.6 Å². The molecule has 3 heterocycles. The molecule has 1 amide bonds. The van der Waals surface area contributed by atoms with Crippen LogP contribution in [0.25, 0.3) is 5.69 Å². The number of nitrogens with two attached hydrogens (primary N) is 1. The second-order valence-electron chi connectivity index (χ2n) is 8.71. The molecule has 8 nitrogen and oxygen atoms in total. The summed E-state index contributed by atoms with van der Waals surface area (Å²) in [6.07, 6.45) is 2.14. The van der Waals surface area contributed by atoms with E-state index in [-0.39, 0.29) is 18.0 Å². The van der Waals surface area contributed by atoms with Gasteiger partial charge in [0.25, 0.3) is 0 Å². The van der Waals surface area contributed by atoms with Crippen molar-refractivity contribution in [2.24, 2.45) is 5.73 Å². The number of amides is 1. The third-order valence-electron chi connectivity index (χ3n) is 5.81. The molecule has 0 fully saturated rings. The Morgan fingerprint density at radius 1 is 1.06 bits per heavy atom. The number of ketones is 1. The van der Waals surface area contributed by atoms with Gasteiger partial charge in [0.2, 0.25) is 5.91 Å². The molecule has 0 aliphatic heterocycles. The Kier molecular flexibility index (Phi) is 7.25. The molecule has 3 aromatic heterocycles. The first kappa shape index (κ1) is 24.5. The average Bonchev–Trinajstić information content (AvgIpc) is 3.50. The molecule has 0 spiro atoms. The molecule has 0 bridgehead atoms. The van der Waals surface area contributed by atoms with E-state index < -0.39 is 5.91 Å². The molecule has 0 aliphatic carbocycles. The second kappa shape index (κ2) is 10.4. The fourth-order valence-electron chi connectivity index (χ4n) is 4.29. The Bertz CT molecular complexity index is 1350. The number of thioether (sulfide) groups is 1. The Morgan fingerprint density at radius 3 is 2.46 bits per heavy atom. The summed E-state index contributed by atoms with van der Waals surface area (Å²) in [4.78, 5) is 24.5. The van der Waals surface area contributed by atoms with Crippen LogP contribution in [0.5, 0.6) is 0 Å². The summed E-state index contributed by atoms with van der Waals surface area (Å²) in [6.45, 7) is 8.54. The van der Waals surface area contributed by atoms with Crippen LogP contribution in [-0.4, -0.2) is 36.8 Å². The lowest BCUT2D eigenvalue weighted by molar-refractivity contribution is -0.118. The van der Waals surface area contributed by atoms with Gasteiger partial charge in [0.1, 0.15) is 11.6 Å². The summed E-state index contributed by atoms with van der Waals surface area (Å²) in [6, 6.07) is 12.0. The van der Waals surface area contributed by atoms with E-state index in [1.54, 1.807) is 6.26 Å². The van der Waals surface area contributed by atoms with Crippen molar-refractivity contribution in [1.82, 2.24) is 19.3 Å². The molecular formula is C26H29N5O3S. The normalized spacial score (nSPS) is 11.2. The number of carbonyl (C=O) groups excluding carboxylic acids is 2. The zero-order chi connectivity index (χ0) is 25.1. The molecule has 0 saturated heterocycles. The number of primary amides is 1. The average molecular weight is 492 g/mol. The van der Waals surface area contributed by atoms with E-state index in [9.17, 15) is 9.59 Å². The molecule has 9 heteroatoms. The molecule has 4 aromatic rings. The summed E-state index contributed by atoms with van der Waals surface area (Å²) in [5, 5.41) is 9.11. The summed E-state index contributed by atoms with van der Waals surface area (Å²) in [7, 11) is 0. The minimum absolute atomic E-state index is 0.0185. The summed E-state index contributed by atoms with van der Waals surface area (Å²) in [5.41, 5.74) is 11.4. The highest BCUT2D eigenvalue weighted by atomic mass is 32.2. The lowest BCUT2D eigenvalue weighted by Crippen LogP contribution is -2.14. The first-order chi connectivity index (χ1) is 16.7. The van der Waals surface area contributed by atoms with Gasteiger partial charge in [-0.15, -0.1) is 10.2 Å². The maximum Gasteiger partial charge on any atom is 0.217 e. The Balaban J connectivity index is 1.55. The topological polar surface area (TPSA) is 109 Å². The minimum Gasteiger partial charge on any atom is -0.467 e. The largest absolute Gasteiger partial charge is 0.467 e. The predicted octanol–water partition coefficient (Wildman–Crippen LogP) is 4.34. The van der Waals surface area contributed by atoms with Crippen molar-refractivity contribution in [3.63, 3.8) is 0 Å². The van der Waals surface area contributed by atoms with Crippen molar-refractivity contribution in [2.45, 2.75) is 52.2 Å². The Morgan fingerprint density at radius 2 is 1.80 bits per heavy atom. The molecule has 0 atom stereocenters. The molecule has 35 heavy (non-hydrogen) atoms. The van der Waals surface area contributed by atoms with Crippen LogP contribution >= 0.6 is 11.8 Å². The molecule has 2 N–H and O–H groups in total. The van der Waals surface area contributed by atoms with Crippen molar-refractivity contribution in [1.29, 1.82) is 0 Å².